The van der Waals surface area contributed by atoms with Crippen LogP contribution in [0.3, 0.4) is 0 Å². The lowest BCUT2D eigenvalue weighted by atomic mass is 10.1. The second-order valence-corrected chi connectivity index (χ2v) is 4.57. The Balaban J connectivity index is 2.13. The van der Waals surface area contributed by atoms with Crippen molar-refractivity contribution in [1.29, 1.82) is 0 Å². The van der Waals surface area contributed by atoms with E-state index in [1.54, 1.807) is 25.1 Å². The first-order chi connectivity index (χ1) is 10.4. The van der Waals surface area contributed by atoms with Crippen LogP contribution in [0.15, 0.2) is 35.4 Å². The Hall–Kier alpha value is -3.22. The van der Waals surface area contributed by atoms with Crippen molar-refractivity contribution in [3.05, 3.63) is 47.0 Å². The highest BCUT2D eigenvalue weighted by Crippen LogP contribution is 2.35. The molecule has 114 valence electrons. The molecule has 22 heavy (non-hydrogen) atoms. The van der Waals surface area contributed by atoms with E-state index >= 15 is 0 Å². The van der Waals surface area contributed by atoms with Crippen LogP contribution >= 0.6 is 0 Å². The minimum Gasteiger partial charge on any atom is -0.507 e. The van der Waals surface area contributed by atoms with Crippen LogP contribution in [-0.2, 0) is 0 Å². The number of nitrogens with one attached hydrogen (secondary N) is 1. The average Bonchev–Trinajstić information content (AvgIpc) is 2.48. The number of phenolic OH excluding ortho intramolecular Hbond substituents is 4. The third kappa shape index (κ3) is 3.09. The van der Waals surface area contributed by atoms with E-state index in [0.717, 1.165) is 12.1 Å². The van der Waals surface area contributed by atoms with Crippen molar-refractivity contribution in [2.75, 3.05) is 0 Å². The van der Waals surface area contributed by atoms with Gasteiger partial charge in [-0.15, -0.1) is 0 Å². The number of benzene rings is 2. The van der Waals surface area contributed by atoms with E-state index in [1.807, 2.05) is 0 Å². The minimum atomic E-state index is -0.704. The number of para-hydroxylation sites is 1. The summed E-state index contributed by atoms with van der Waals surface area (Å²) in [6, 6.07) is 7.06. The van der Waals surface area contributed by atoms with Gasteiger partial charge in [0.1, 0.15) is 5.75 Å². The number of aromatic hydroxyl groups is 4. The van der Waals surface area contributed by atoms with E-state index < -0.39 is 23.2 Å². The van der Waals surface area contributed by atoms with E-state index in [2.05, 4.69) is 10.5 Å². The Morgan fingerprint density at radius 2 is 1.73 bits per heavy atom. The fraction of sp³-hybridized carbons (Fsp3) is 0.0667. The predicted octanol–water partition coefficient (Wildman–Crippen LogP) is 1.58. The fourth-order valence-corrected chi connectivity index (χ4v) is 1.75. The van der Waals surface area contributed by atoms with Gasteiger partial charge in [-0.2, -0.15) is 5.10 Å². The molecule has 0 aliphatic heterocycles. The van der Waals surface area contributed by atoms with E-state index in [0.29, 0.717) is 11.1 Å². The lowest BCUT2D eigenvalue weighted by molar-refractivity contribution is 0.0954. The van der Waals surface area contributed by atoms with Gasteiger partial charge in [0.05, 0.1) is 6.21 Å². The number of phenols is 4. The van der Waals surface area contributed by atoms with Crippen molar-refractivity contribution in [2.24, 2.45) is 5.10 Å². The van der Waals surface area contributed by atoms with Gasteiger partial charge in [0.25, 0.3) is 5.91 Å². The summed E-state index contributed by atoms with van der Waals surface area (Å²) in [7, 11) is 0. The van der Waals surface area contributed by atoms with Gasteiger partial charge >= 0.3 is 0 Å². The lowest BCUT2D eigenvalue weighted by Gasteiger charge is -2.05. The minimum absolute atomic E-state index is 0.0559. The number of hydrogen-bond acceptors (Lipinski definition) is 6. The van der Waals surface area contributed by atoms with Crippen LogP contribution in [0, 0.1) is 6.92 Å². The Labute approximate surface area is 125 Å². The maximum absolute atomic E-state index is 11.8. The number of hydrogen-bond donors (Lipinski definition) is 5. The molecule has 0 bridgehead atoms. The maximum Gasteiger partial charge on any atom is 0.271 e. The zero-order valence-electron chi connectivity index (χ0n) is 11.6. The monoisotopic (exact) mass is 302 g/mol. The van der Waals surface area contributed by atoms with Crippen LogP contribution in [0.2, 0.25) is 0 Å². The average molecular weight is 302 g/mol. The first kappa shape index (κ1) is 15.2. The third-order valence-electron chi connectivity index (χ3n) is 2.97. The summed E-state index contributed by atoms with van der Waals surface area (Å²) in [6.45, 7) is 1.73. The molecule has 0 saturated heterocycles. The van der Waals surface area contributed by atoms with Gasteiger partial charge in [0, 0.05) is 11.1 Å². The predicted molar refractivity (Wildman–Crippen MR) is 79.3 cm³/mol. The van der Waals surface area contributed by atoms with E-state index in [4.69, 9.17) is 0 Å². The van der Waals surface area contributed by atoms with Crippen LogP contribution in [0.25, 0.3) is 0 Å². The van der Waals surface area contributed by atoms with Gasteiger partial charge in [0.15, 0.2) is 17.2 Å². The Bertz CT molecular complexity index is 733. The Morgan fingerprint density at radius 3 is 2.36 bits per heavy atom. The first-order valence-electron chi connectivity index (χ1n) is 6.27. The normalized spacial score (nSPS) is 10.8. The number of carbonyl (C=O) groups excluding carboxylic acids is 1. The molecule has 2 rings (SSSR count). The van der Waals surface area contributed by atoms with Crippen molar-refractivity contribution < 1.29 is 25.2 Å². The van der Waals surface area contributed by atoms with Crippen LogP contribution in [0.4, 0.5) is 0 Å². The zero-order chi connectivity index (χ0) is 16.3. The van der Waals surface area contributed by atoms with Crippen molar-refractivity contribution in [3.63, 3.8) is 0 Å². The van der Waals surface area contributed by atoms with Crippen LogP contribution in [0.5, 0.6) is 23.0 Å². The summed E-state index contributed by atoms with van der Waals surface area (Å²) in [5.74, 6) is -2.59. The van der Waals surface area contributed by atoms with Gasteiger partial charge in [-0.1, -0.05) is 12.1 Å². The molecule has 0 radical (unpaired) electrons. The standard InChI is InChI=1S/C15H14N2O5/c1-8-3-2-4-9(13(8)20)7-16-17-15(22)10-5-11(18)14(21)12(19)6-10/h2-7,18-21H,1H3,(H,17,22)/b16-7+. The zero-order valence-corrected chi connectivity index (χ0v) is 11.6. The van der Waals surface area contributed by atoms with E-state index in [9.17, 15) is 25.2 Å². The molecule has 0 atom stereocenters. The van der Waals surface area contributed by atoms with Crippen LogP contribution < -0.4 is 5.43 Å². The maximum atomic E-state index is 11.8. The number of carbonyl (C=O) groups is 1. The largest absolute Gasteiger partial charge is 0.507 e. The van der Waals surface area contributed by atoms with Crippen molar-refractivity contribution >= 4 is 12.1 Å². The van der Waals surface area contributed by atoms with Gasteiger partial charge in [-0.05, 0) is 30.7 Å². The van der Waals surface area contributed by atoms with Crippen LogP contribution in [-0.4, -0.2) is 32.5 Å². The second-order valence-electron chi connectivity index (χ2n) is 4.57. The summed E-state index contributed by atoms with van der Waals surface area (Å²) in [5, 5.41) is 41.4. The molecule has 0 unspecified atom stereocenters. The Kier molecular flexibility index (Phi) is 4.17. The molecule has 0 saturated carbocycles. The topological polar surface area (TPSA) is 122 Å². The molecule has 0 aliphatic rings. The smallest absolute Gasteiger partial charge is 0.271 e. The summed E-state index contributed by atoms with van der Waals surface area (Å²) in [5.41, 5.74) is 3.20. The van der Waals surface area contributed by atoms with Crippen molar-refractivity contribution in [3.8, 4) is 23.0 Å². The van der Waals surface area contributed by atoms with Gasteiger partial charge in [-0.3, -0.25) is 4.79 Å². The second kappa shape index (κ2) is 6.04. The number of rotatable bonds is 3. The molecule has 1 amide bonds. The molecule has 2 aromatic carbocycles. The number of aryl methyl sites for hydroxylation is 1. The van der Waals surface area contributed by atoms with E-state index in [-0.39, 0.29) is 11.3 Å². The highest BCUT2D eigenvalue weighted by atomic mass is 16.3. The first-order valence-corrected chi connectivity index (χ1v) is 6.27. The van der Waals surface area contributed by atoms with Gasteiger partial charge < -0.3 is 20.4 Å². The van der Waals surface area contributed by atoms with E-state index in [1.165, 1.54) is 6.21 Å². The Morgan fingerprint density at radius 1 is 1.09 bits per heavy atom. The summed E-state index contributed by atoms with van der Waals surface area (Å²) in [4.78, 5) is 11.8. The molecular formula is C15H14N2O5. The SMILES string of the molecule is Cc1cccc(/C=N/NC(=O)c2cc(O)c(O)c(O)c2)c1O. The lowest BCUT2D eigenvalue weighted by Crippen LogP contribution is -2.17. The van der Waals surface area contributed by atoms with Crippen molar-refractivity contribution in [2.45, 2.75) is 6.92 Å². The van der Waals surface area contributed by atoms with Crippen molar-refractivity contribution in [1.82, 2.24) is 5.43 Å². The third-order valence-corrected chi connectivity index (χ3v) is 2.97. The summed E-state index contributed by atoms with van der Waals surface area (Å²) in [6.07, 6.45) is 1.26. The number of nitrogens with zero attached hydrogens (tertiary/aromatic N) is 1. The molecule has 0 fully saturated rings. The number of hydrazone groups is 1. The summed E-state index contributed by atoms with van der Waals surface area (Å²) < 4.78 is 0. The fourth-order valence-electron chi connectivity index (χ4n) is 1.75. The molecule has 5 N–H and O–H groups in total. The molecule has 7 heteroatoms. The molecule has 2 aromatic rings. The molecule has 0 aromatic heterocycles. The highest BCUT2D eigenvalue weighted by Gasteiger charge is 2.13. The molecule has 0 heterocycles. The molecular weight excluding hydrogens is 288 g/mol. The van der Waals surface area contributed by atoms with Gasteiger partial charge in [0.2, 0.25) is 0 Å². The molecule has 7 nitrogen and oxygen atoms in total. The number of amides is 1. The molecule has 0 aliphatic carbocycles. The highest BCUT2D eigenvalue weighted by molar-refractivity contribution is 5.96. The summed E-state index contributed by atoms with van der Waals surface area (Å²) >= 11 is 0. The van der Waals surface area contributed by atoms with Crippen LogP contribution in [0.1, 0.15) is 21.5 Å². The molecule has 0 spiro atoms. The van der Waals surface area contributed by atoms with Gasteiger partial charge in [-0.25, -0.2) is 5.43 Å². The quantitative estimate of drug-likeness (QED) is 0.335.